The number of hydrogen-bond acceptors (Lipinski definition) is 7. The van der Waals surface area contributed by atoms with Gasteiger partial charge < -0.3 is 24.6 Å². The summed E-state index contributed by atoms with van der Waals surface area (Å²) in [7, 11) is 0. The number of nitrogens with one attached hydrogen (secondary N) is 1. The van der Waals surface area contributed by atoms with E-state index in [1.807, 2.05) is 24.3 Å². The summed E-state index contributed by atoms with van der Waals surface area (Å²) in [6.07, 6.45) is 2.24. The van der Waals surface area contributed by atoms with E-state index < -0.39 is 18.2 Å². The number of benzene rings is 2. The molecule has 1 aliphatic heterocycles. The number of carbonyl (C=O) groups excluding carboxylic acids is 2. The third-order valence-electron chi connectivity index (χ3n) is 6.83. The van der Waals surface area contributed by atoms with Gasteiger partial charge in [0, 0.05) is 0 Å². The zero-order valence-electron chi connectivity index (χ0n) is 20.7. The molecule has 1 aliphatic carbocycles. The Morgan fingerprint density at radius 3 is 2.39 bits per heavy atom. The number of hydrogen-bond donors (Lipinski definition) is 2. The first-order valence-corrected chi connectivity index (χ1v) is 13.1. The number of cyclic esters (lactones) is 1. The van der Waals surface area contributed by atoms with Crippen LogP contribution >= 0.6 is 15.9 Å². The van der Waals surface area contributed by atoms with Gasteiger partial charge in [0.05, 0.1) is 6.10 Å². The molecule has 0 saturated heterocycles. The highest BCUT2D eigenvalue weighted by Gasteiger charge is 2.39. The summed E-state index contributed by atoms with van der Waals surface area (Å²) in [5.41, 5.74) is 2.27. The molecule has 0 amide bonds. The van der Waals surface area contributed by atoms with Crippen LogP contribution in [0.2, 0.25) is 0 Å². The van der Waals surface area contributed by atoms with Gasteiger partial charge in [0.1, 0.15) is 28.2 Å². The van der Waals surface area contributed by atoms with Gasteiger partial charge in [0.25, 0.3) is 0 Å². The van der Waals surface area contributed by atoms with Gasteiger partial charge in [-0.25, -0.2) is 9.59 Å². The van der Waals surface area contributed by atoms with Crippen LogP contribution in [-0.2, 0) is 19.1 Å². The van der Waals surface area contributed by atoms with Crippen LogP contribution in [-0.4, -0.2) is 36.0 Å². The van der Waals surface area contributed by atoms with Crippen molar-refractivity contribution in [1.29, 1.82) is 0 Å². The summed E-state index contributed by atoms with van der Waals surface area (Å²) in [5.74, 6) is 0.957. The number of phenols is 1. The van der Waals surface area contributed by atoms with Gasteiger partial charge in [-0.3, -0.25) is 0 Å². The average molecular weight is 558 g/mol. The Hall–Kier alpha value is -2.84. The summed E-state index contributed by atoms with van der Waals surface area (Å²) < 4.78 is 17.4. The van der Waals surface area contributed by atoms with E-state index >= 15 is 0 Å². The molecule has 0 spiro atoms. The van der Waals surface area contributed by atoms with Crippen LogP contribution in [0.1, 0.15) is 40.0 Å². The molecule has 36 heavy (non-hydrogen) atoms. The number of esters is 2. The van der Waals surface area contributed by atoms with Crippen molar-refractivity contribution >= 4 is 27.9 Å². The first-order chi connectivity index (χ1) is 17.2. The van der Waals surface area contributed by atoms with E-state index in [-0.39, 0.29) is 22.9 Å². The largest absolute Gasteiger partial charge is 0.508 e. The van der Waals surface area contributed by atoms with Crippen molar-refractivity contribution in [2.24, 2.45) is 17.8 Å². The summed E-state index contributed by atoms with van der Waals surface area (Å²) in [5, 5.41) is 12.4. The second kappa shape index (κ2) is 11.5. The highest BCUT2D eigenvalue weighted by molar-refractivity contribution is 9.12. The zero-order chi connectivity index (χ0) is 25.8. The van der Waals surface area contributed by atoms with Crippen molar-refractivity contribution in [3.8, 4) is 22.6 Å². The molecular formula is C28H32BrNO6. The highest BCUT2D eigenvalue weighted by Crippen LogP contribution is 2.38. The van der Waals surface area contributed by atoms with Crippen molar-refractivity contribution in [1.82, 2.24) is 5.32 Å². The highest BCUT2D eigenvalue weighted by atomic mass is 79.9. The van der Waals surface area contributed by atoms with Gasteiger partial charge in [0.15, 0.2) is 0 Å². The minimum atomic E-state index is -0.888. The molecule has 8 heteroatoms. The molecule has 2 aliphatic rings. The predicted octanol–water partition coefficient (Wildman–Crippen LogP) is 5.52. The van der Waals surface area contributed by atoms with Crippen LogP contribution in [0.3, 0.4) is 0 Å². The minimum absolute atomic E-state index is 0.0270. The lowest BCUT2D eigenvalue weighted by atomic mass is 9.75. The fourth-order valence-electron chi connectivity index (χ4n) is 4.81. The number of halogens is 1. The number of aromatic hydroxyl groups is 1. The van der Waals surface area contributed by atoms with Crippen molar-refractivity contribution in [3.63, 3.8) is 0 Å². The number of ether oxygens (including phenoxy) is 3. The van der Waals surface area contributed by atoms with E-state index in [9.17, 15) is 14.7 Å². The molecule has 0 bridgehead atoms. The van der Waals surface area contributed by atoms with Crippen LogP contribution < -0.4 is 10.1 Å². The Kier molecular flexibility index (Phi) is 8.36. The molecule has 0 aromatic heterocycles. The zero-order valence-corrected chi connectivity index (χ0v) is 22.3. The van der Waals surface area contributed by atoms with Crippen molar-refractivity contribution in [2.75, 3.05) is 6.54 Å². The molecular weight excluding hydrogens is 526 g/mol. The van der Waals surface area contributed by atoms with E-state index in [1.165, 1.54) is 6.42 Å². The van der Waals surface area contributed by atoms with Crippen molar-refractivity contribution in [2.45, 2.75) is 52.4 Å². The fraction of sp³-hybridized carbons (Fsp3) is 0.429. The summed E-state index contributed by atoms with van der Waals surface area (Å²) in [6, 6.07) is 14.0. The molecule has 192 valence electrons. The second-order valence-electron chi connectivity index (χ2n) is 9.86. The van der Waals surface area contributed by atoms with Crippen LogP contribution in [0.25, 0.3) is 11.1 Å². The third kappa shape index (κ3) is 6.28. The molecule has 0 radical (unpaired) electrons. The number of rotatable bonds is 8. The Balaban J connectivity index is 1.35. The van der Waals surface area contributed by atoms with Gasteiger partial charge in [0.2, 0.25) is 6.29 Å². The van der Waals surface area contributed by atoms with Gasteiger partial charge in [-0.2, -0.15) is 0 Å². The van der Waals surface area contributed by atoms with Crippen molar-refractivity contribution in [3.05, 3.63) is 58.7 Å². The summed E-state index contributed by atoms with van der Waals surface area (Å²) in [4.78, 5) is 24.8. The Morgan fingerprint density at radius 1 is 1.11 bits per heavy atom. The lowest BCUT2D eigenvalue weighted by Gasteiger charge is -2.38. The molecule has 4 rings (SSSR count). The van der Waals surface area contributed by atoms with E-state index in [0.717, 1.165) is 24.0 Å². The summed E-state index contributed by atoms with van der Waals surface area (Å²) >= 11 is 3.28. The molecule has 1 saturated carbocycles. The maximum Gasteiger partial charge on any atom is 0.349 e. The first-order valence-electron chi connectivity index (χ1n) is 12.3. The lowest BCUT2D eigenvalue weighted by molar-refractivity contribution is -0.182. The number of phenolic OH excluding ortho intramolecular Hbond substituents is 1. The molecule has 2 N–H and O–H groups in total. The van der Waals surface area contributed by atoms with E-state index in [1.54, 1.807) is 24.3 Å². The van der Waals surface area contributed by atoms with Crippen LogP contribution in [0, 0.1) is 17.8 Å². The van der Waals surface area contributed by atoms with E-state index in [2.05, 4.69) is 42.0 Å². The Bertz CT molecular complexity index is 1110. The van der Waals surface area contributed by atoms with Crippen LogP contribution in [0.15, 0.2) is 58.7 Å². The smallest absolute Gasteiger partial charge is 0.349 e. The molecule has 7 nitrogen and oxygen atoms in total. The average Bonchev–Trinajstić information content (AvgIpc) is 3.10. The van der Waals surface area contributed by atoms with Crippen LogP contribution in [0.4, 0.5) is 0 Å². The fourth-order valence-corrected chi connectivity index (χ4v) is 5.23. The normalized spacial score (nSPS) is 24.1. The molecule has 3 unspecified atom stereocenters. The lowest BCUT2D eigenvalue weighted by Crippen LogP contribution is -2.40. The predicted molar refractivity (Wildman–Crippen MR) is 139 cm³/mol. The van der Waals surface area contributed by atoms with Crippen molar-refractivity contribution < 1.29 is 28.9 Å². The molecule has 4 atom stereocenters. The standard InChI is InChI=1S/C28H32BrNO6/c1-16(2)22-13-4-17(3)14-23(22)35-28-26(25(29)27(33)36-28)30-15-24(32)34-21-11-7-19(8-12-21)18-5-9-20(31)10-6-18/h5-12,16-17,22-23,28,30-31H,4,13-15H2,1-3H3/t17?,22?,23?,28-/m0/s1. The maximum atomic E-state index is 12.5. The van der Waals surface area contributed by atoms with Gasteiger partial charge in [-0.15, -0.1) is 0 Å². The molecule has 2 aromatic rings. The quantitative estimate of drug-likeness (QED) is 0.326. The third-order valence-corrected chi connectivity index (χ3v) is 7.59. The first kappa shape index (κ1) is 26.2. The minimum Gasteiger partial charge on any atom is -0.508 e. The van der Waals surface area contributed by atoms with Crippen LogP contribution in [0.5, 0.6) is 11.5 Å². The Morgan fingerprint density at radius 2 is 1.75 bits per heavy atom. The number of carbonyl (C=O) groups is 2. The Labute approximate surface area is 220 Å². The SMILES string of the molecule is CC1CCC(C(C)C)C(O[C@H]2OC(=O)C(Br)=C2NCC(=O)Oc2ccc(-c3ccc(O)cc3)cc2)C1. The maximum absolute atomic E-state index is 12.5. The van der Waals surface area contributed by atoms with E-state index in [0.29, 0.717) is 29.2 Å². The van der Waals surface area contributed by atoms with Gasteiger partial charge in [-0.05, 0) is 81.9 Å². The summed E-state index contributed by atoms with van der Waals surface area (Å²) in [6.45, 7) is 6.44. The topological polar surface area (TPSA) is 94.1 Å². The molecule has 2 aromatic carbocycles. The van der Waals surface area contributed by atoms with E-state index in [4.69, 9.17) is 14.2 Å². The molecule has 1 heterocycles. The molecule has 1 fully saturated rings. The monoisotopic (exact) mass is 557 g/mol. The second-order valence-corrected chi connectivity index (χ2v) is 10.7. The van der Waals surface area contributed by atoms with Gasteiger partial charge in [-0.1, -0.05) is 51.5 Å². The van der Waals surface area contributed by atoms with Gasteiger partial charge >= 0.3 is 11.9 Å².